The molecule has 1 amide bonds. The van der Waals surface area contributed by atoms with E-state index >= 15 is 0 Å². The molecule has 1 fully saturated rings. The SMILES string of the molecule is C=CCC(=O)N(CCCO)C1CCC1. The van der Waals surface area contributed by atoms with Gasteiger partial charge in [0.15, 0.2) is 0 Å². The Morgan fingerprint density at radius 3 is 2.71 bits per heavy atom. The maximum atomic E-state index is 11.7. The highest BCUT2D eigenvalue weighted by atomic mass is 16.3. The second-order valence-corrected chi connectivity index (χ2v) is 3.74. The van der Waals surface area contributed by atoms with Gasteiger partial charge in [0.1, 0.15) is 0 Å². The molecule has 1 aliphatic rings. The second kappa shape index (κ2) is 5.81. The van der Waals surface area contributed by atoms with Gasteiger partial charge in [0.2, 0.25) is 5.91 Å². The Bertz CT molecular complexity index is 199. The summed E-state index contributed by atoms with van der Waals surface area (Å²) in [5, 5.41) is 8.74. The Hall–Kier alpha value is -0.830. The largest absolute Gasteiger partial charge is 0.396 e. The molecule has 1 rings (SSSR count). The number of aliphatic hydroxyl groups is 1. The summed E-state index contributed by atoms with van der Waals surface area (Å²) in [6, 6.07) is 0.425. The van der Waals surface area contributed by atoms with Crippen LogP contribution in [0.2, 0.25) is 0 Å². The lowest BCUT2D eigenvalue weighted by atomic mass is 9.91. The summed E-state index contributed by atoms with van der Waals surface area (Å²) >= 11 is 0. The lowest BCUT2D eigenvalue weighted by Crippen LogP contribution is -2.44. The molecule has 3 nitrogen and oxygen atoms in total. The van der Waals surface area contributed by atoms with E-state index in [0.29, 0.717) is 25.4 Å². The fourth-order valence-corrected chi connectivity index (χ4v) is 1.69. The van der Waals surface area contributed by atoms with Crippen molar-refractivity contribution in [1.29, 1.82) is 0 Å². The number of carbonyl (C=O) groups is 1. The van der Waals surface area contributed by atoms with Crippen molar-refractivity contribution in [3.8, 4) is 0 Å². The molecule has 0 aromatic carbocycles. The fourth-order valence-electron chi connectivity index (χ4n) is 1.69. The number of amides is 1. The topological polar surface area (TPSA) is 40.5 Å². The molecular formula is C11H19NO2. The van der Waals surface area contributed by atoms with E-state index in [1.807, 2.05) is 4.90 Å². The maximum absolute atomic E-state index is 11.7. The second-order valence-electron chi connectivity index (χ2n) is 3.74. The summed E-state index contributed by atoms with van der Waals surface area (Å²) in [6.07, 6.45) is 6.21. The predicted molar refractivity (Wildman–Crippen MR) is 55.9 cm³/mol. The van der Waals surface area contributed by atoms with E-state index in [9.17, 15) is 4.79 Å². The normalized spacial score (nSPS) is 16.1. The highest BCUT2D eigenvalue weighted by molar-refractivity contribution is 5.78. The third kappa shape index (κ3) is 2.84. The van der Waals surface area contributed by atoms with Crippen LogP contribution in [-0.2, 0) is 4.79 Å². The number of nitrogens with zero attached hydrogens (tertiary/aromatic N) is 1. The molecule has 0 atom stereocenters. The summed E-state index contributed by atoms with van der Waals surface area (Å²) < 4.78 is 0. The molecule has 0 bridgehead atoms. The monoisotopic (exact) mass is 197 g/mol. The summed E-state index contributed by atoms with van der Waals surface area (Å²) in [4.78, 5) is 13.6. The van der Waals surface area contributed by atoms with Crippen LogP contribution in [0.25, 0.3) is 0 Å². The molecule has 3 heteroatoms. The van der Waals surface area contributed by atoms with Gasteiger partial charge in [0.05, 0.1) is 0 Å². The van der Waals surface area contributed by atoms with Gasteiger partial charge in [-0.2, -0.15) is 0 Å². The lowest BCUT2D eigenvalue weighted by Gasteiger charge is -2.37. The minimum absolute atomic E-state index is 0.151. The Labute approximate surface area is 85.4 Å². The standard InChI is InChI=1S/C11H19NO2/c1-2-5-11(14)12(8-4-9-13)10-6-3-7-10/h2,10,13H,1,3-9H2. The van der Waals surface area contributed by atoms with Crippen LogP contribution in [0.15, 0.2) is 12.7 Å². The number of hydrogen-bond donors (Lipinski definition) is 1. The lowest BCUT2D eigenvalue weighted by molar-refractivity contribution is -0.134. The van der Waals surface area contributed by atoms with E-state index in [0.717, 1.165) is 12.8 Å². The number of aliphatic hydroxyl groups excluding tert-OH is 1. The van der Waals surface area contributed by atoms with E-state index in [-0.39, 0.29) is 12.5 Å². The van der Waals surface area contributed by atoms with Gasteiger partial charge in [-0.25, -0.2) is 0 Å². The Balaban J connectivity index is 2.41. The molecule has 0 aromatic rings. The highest BCUT2D eigenvalue weighted by Gasteiger charge is 2.27. The van der Waals surface area contributed by atoms with Crippen LogP contribution in [0.4, 0.5) is 0 Å². The van der Waals surface area contributed by atoms with Gasteiger partial charge >= 0.3 is 0 Å². The molecule has 80 valence electrons. The Morgan fingerprint density at radius 1 is 1.57 bits per heavy atom. The molecule has 0 radical (unpaired) electrons. The molecular weight excluding hydrogens is 178 g/mol. The fraction of sp³-hybridized carbons (Fsp3) is 0.727. The smallest absolute Gasteiger partial charge is 0.226 e. The van der Waals surface area contributed by atoms with Gasteiger partial charge in [0, 0.05) is 25.6 Å². The number of carbonyl (C=O) groups excluding carboxylic acids is 1. The molecule has 0 heterocycles. The van der Waals surface area contributed by atoms with E-state index < -0.39 is 0 Å². The van der Waals surface area contributed by atoms with Crippen LogP contribution in [0.5, 0.6) is 0 Å². The highest BCUT2D eigenvalue weighted by Crippen LogP contribution is 2.25. The summed E-state index contributed by atoms with van der Waals surface area (Å²) in [5.41, 5.74) is 0. The van der Waals surface area contributed by atoms with Crippen molar-refractivity contribution in [1.82, 2.24) is 4.90 Å². The van der Waals surface area contributed by atoms with Crippen LogP contribution >= 0.6 is 0 Å². The van der Waals surface area contributed by atoms with Gasteiger partial charge < -0.3 is 10.0 Å². The average molecular weight is 197 g/mol. The maximum Gasteiger partial charge on any atom is 0.226 e. The van der Waals surface area contributed by atoms with Crippen molar-refractivity contribution < 1.29 is 9.90 Å². The van der Waals surface area contributed by atoms with E-state index in [2.05, 4.69) is 6.58 Å². The first kappa shape index (κ1) is 11.2. The molecule has 0 spiro atoms. The molecule has 0 aromatic heterocycles. The van der Waals surface area contributed by atoms with Crippen LogP contribution in [0.1, 0.15) is 32.1 Å². The van der Waals surface area contributed by atoms with Gasteiger partial charge in [0.25, 0.3) is 0 Å². The quantitative estimate of drug-likeness (QED) is 0.652. The zero-order valence-corrected chi connectivity index (χ0v) is 8.61. The number of hydrogen-bond acceptors (Lipinski definition) is 2. The first-order valence-corrected chi connectivity index (χ1v) is 5.30. The van der Waals surface area contributed by atoms with Crippen LogP contribution < -0.4 is 0 Å². The van der Waals surface area contributed by atoms with E-state index in [4.69, 9.17) is 5.11 Å². The Morgan fingerprint density at radius 2 is 2.29 bits per heavy atom. The van der Waals surface area contributed by atoms with E-state index in [1.165, 1.54) is 6.42 Å². The molecule has 0 unspecified atom stereocenters. The van der Waals surface area contributed by atoms with Gasteiger partial charge in [-0.05, 0) is 25.7 Å². The molecule has 0 aliphatic heterocycles. The predicted octanol–water partition coefficient (Wildman–Crippen LogP) is 1.33. The minimum Gasteiger partial charge on any atom is -0.396 e. The third-order valence-corrected chi connectivity index (χ3v) is 2.71. The van der Waals surface area contributed by atoms with Gasteiger partial charge in [-0.3, -0.25) is 4.79 Å². The first-order valence-electron chi connectivity index (χ1n) is 5.30. The zero-order valence-electron chi connectivity index (χ0n) is 8.61. The van der Waals surface area contributed by atoms with Crippen molar-refractivity contribution >= 4 is 5.91 Å². The number of rotatable bonds is 6. The molecule has 1 aliphatic carbocycles. The minimum atomic E-state index is 0.151. The summed E-state index contributed by atoms with van der Waals surface area (Å²) in [7, 11) is 0. The van der Waals surface area contributed by atoms with E-state index in [1.54, 1.807) is 6.08 Å². The molecule has 14 heavy (non-hydrogen) atoms. The summed E-state index contributed by atoms with van der Waals surface area (Å²) in [5.74, 6) is 0.151. The first-order chi connectivity index (χ1) is 6.79. The van der Waals surface area contributed by atoms with Gasteiger partial charge in [-0.1, -0.05) is 6.08 Å². The molecule has 0 saturated heterocycles. The molecule has 1 N–H and O–H groups in total. The summed E-state index contributed by atoms with van der Waals surface area (Å²) in [6.45, 7) is 4.42. The van der Waals surface area contributed by atoms with Crippen molar-refractivity contribution in [2.75, 3.05) is 13.2 Å². The van der Waals surface area contributed by atoms with Crippen molar-refractivity contribution in [2.45, 2.75) is 38.1 Å². The average Bonchev–Trinajstić information content (AvgIpc) is 2.09. The van der Waals surface area contributed by atoms with Crippen LogP contribution in [0.3, 0.4) is 0 Å². The van der Waals surface area contributed by atoms with Gasteiger partial charge in [-0.15, -0.1) is 6.58 Å². The Kier molecular flexibility index (Phi) is 4.66. The van der Waals surface area contributed by atoms with Crippen molar-refractivity contribution in [2.24, 2.45) is 0 Å². The van der Waals surface area contributed by atoms with Crippen LogP contribution in [0, 0.1) is 0 Å². The zero-order chi connectivity index (χ0) is 10.4. The van der Waals surface area contributed by atoms with Crippen LogP contribution in [-0.4, -0.2) is 35.1 Å². The van der Waals surface area contributed by atoms with Crippen molar-refractivity contribution in [3.63, 3.8) is 0 Å². The molecule has 1 saturated carbocycles. The third-order valence-electron chi connectivity index (χ3n) is 2.71. The van der Waals surface area contributed by atoms with Crippen molar-refractivity contribution in [3.05, 3.63) is 12.7 Å².